The Balaban J connectivity index is 1.42. The Morgan fingerprint density at radius 3 is 3.00 bits per heavy atom. The fourth-order valence-electron chi connectivity index (χ4n) is 3.19. The van der Waals surface area contributed by atoms with E-state index >= 15 is 0 Å². The minimum Gasteiger partial charge on any atom is -0.390 e. The molecule has 0 bridgehead atoms. The molecule has 1 aromatic rings. The second-order valence-electron chi connectivity index (χ2n) is 6.15. The van der Waals surface area contributed by atoms with Crippen molar-refractivity contribution in [2.75, 3.05) is 25.4 Å². The van der Waals surface area contributed by atoms with E-state index < -0.39 is 6.10 Å². The summed E-state index contributed by atoms with van der Waals surface area (Å²) < 4.78 is 0. The van der Waals surface area contributed by atoms with Crippen LogP contribution in [0.1, 0.15) is 24.0 Å². The number of carbonyl (C=O) groups excluding carboxylic acids is 1. The Morgan fingerprint density at radius 2 is 2.23 bits per heavy atom. The van der Waals surface area contributed by atoms with Gasteiger partial charge in [0.25, 0.3) is 0 Å². The van der Waals surface area contributed by atoms with Gasteiger partial charge in [0.15, 0.2) is 0 Å². The summed E-state index contributed by atoms with van der Waals surface area (Å²) in [5.74, 6) is 1.17. The van der Waals surface area contributed by atoms with Crippen molar-refractivity contribution in [1.82, 2.24) is 10.2 Å². The highest BCUT2D eigenvalue weighted by Gasteiger charge is 2.24. The minimum atomic E-state index is -0.499. The zero-order valence-corrected chi connectivity index (χ0v) is 13.6. The highest BCUT2D eigenvalue weighted by molar-refractivity contribution is 8.00. The zero-order valence-electron chi connectivity index (χ0n) is 12.8. The number of aliphatic hydroxyl groups excluding tert-OH is 1. The van der Waals surface area contributed by atoms with Gasteiger partial charge in [-0.25, -0.2) is 0 Å². The summed E-state index contributed by atoms with van der Waals surface area (Å²) in [5, 5.41) is 13.2. The number of benzene rings is 1. The van der Waals surface area contributed by atoms with Crippen LogP contribution in [0.15, 0.2) is 24.3 Å². The summed E-state index contributed by atoms with van der Waals surface area (Å²) in [5.41, 5.74) is 2.77. The van der Waals surface area contributed by atoms with Crippen LogP contribution in [0.2, 0.25) is 0 Å². The van der Waals surface area contributed by atoms with E-state index in [0.717, 1.165) is 38.1 Å². The molecule has 2 aliphatic heterocycles. The van der Waals surface area contributed by atoms with Gasteiger partial charge in [0.2, 0.25) is 5.91 Å². The highest BCUT2D eigenvalue weighted by Crippen LogP contribution is 2.26. The molecule has 2 aliphatic rings. The molecule has 22 heavy (non-hydrogen) atoms. The lowest BCUT2D eigenvalue weighted by molar-refractivity contribution is -0.121. The third-order valence-electron chi connectivity index (χ3n) is 4.41. The molecule has 2 atom stereocenters. The van der Waals surface area contributed by atoms with Crippen LogP contribution in [0.25, 0.3) is 0 Å². The quantitative estimate of drug-likeness (QED) is 0.861. The first kappa shape index (κ1) is 15.8. The SMILES string of the molecule is O=C(NCC(O)CN1CCc2ccccc2C1)C1CCCS1. The summed E-state index contributed by atoms with van der Waals surface area (Å²) >= 11 is 1.73. The zero-order chi connectivity index (χ0) is 15.4. The second-order valence-corrected chi connectivity index (χ2v) is 7.47. The van der Waals surface area contributed by atoms with Crippen molar-refractivity contribution >= 4 is 17.7 Å². The molecule has 0 radical (unpaired) electrons. The largest absolute Gasteiger partial charge is 0.390 e. The number of hydrogen-bond donors (Lipinski definition) is 2. The molecular formula is C17H24N2O2S. The molecule has 0 aromatic heterocycles. The normalized spacial score (nSPS) is 23.0. The van der Waals surface area contributed by atoms with Crippen LogP contribution in [-0.2, 0) is 17.8 Å². The molecule has 5 heteroatoms. The second kappa shape index (κ2) is 7.49. The van der Waals surface area contributed by atoms with Gasteiger partial charge < -0.3 is 10.4 Å². The average molecular weight is 320 g/mol. The van der Waals surface area contributed by atoms with Crippen LogP contribution in [0, 0.1) is 0 Å². The molecule has 1 saturated heterocycles. The molecule has 0 aliphatic carbocycles. The maximum Gasteiger partial charge on any atom is 0.233 e. The van der Waals surface area contributed by atoms with E-state index in [-0.39, 0.29) is 11.2 Å². The first-order valence-corrected chi connectivity index (χ1v) is 9.14. The third kappa shape index (κ3) is 4.03. The maximum atomic E-state index is 11.9. The molecule has 2 N–H and O–H groups in total. The van der Waals surface area contributed by atoms with Crippen LogP contribution in [-0.4, -0.2) is 52.7 Å². The number of nitrogens with one attached hydrogen (secondary N) is 1. The fraction of sp³-hybridized carbons (Fsp3) is 0.588. The van der Waals surface area contributed by atoms with Crippen molar-refractivity contribution < 1.29 is 9.90 Å². The van der Waals surface area contributed by atoms with Crippen molar-refractivity contribution in [3.8, 4) is 0 Å². The number of carbonyl (C=O) groups is 1. The summed E-state index contributed by atoms with van der Waals surface area (Å²) in [6.07, 6.45) is 2.63. The lowest BCUT2D eigenvalue weighted by Gasteiger charge is -2.30. The molecule has 1 fully saturated rings. The number of aliphatic hydroxyl groups is 1. The van der Waals surface area contributed by atoms with Gasteiger partial charge in [-0.2, -0.15) is 0 Å². The summed E-state index contributed by atoms with van der Waals surface area (Å²) in [7, 11) is 0. The highest BCUT2D eigenvalue weighted by atomic mass is 32.2. The Hall–Kier alpha value is -1.04. The summed E-state index contributed by atoms with van der Waals surface area (Å²) in [4.78, 5) is 14.2. The van der Waals surface area contributed by atoms with Gasteiger partial charge in [0.1, 0.15) is 0 Å². The van der Waals surface area contributed by atoms with Gasteiger partial charge >= 0.3 is 0 Å². The number of thioether (sulfide) groups is 1. The predicted molar refractivity (Wildman–Crippen MR) is 89.9 cm³/mol. The van der Waals surface area contributed by atoms with Gasteiger partial charge in [-0.05, 0) is 36.1 Å². The van der Waals surface area contributed by atoms with Crippen molar-refractivity contribution in [2.45, 2.75) is 37.2 Å². The van der Waals surface area contributed by atoms with Crippen LogP contribution in [0.3, 0.4) is 0 Å². The maximum absolute atomic E-state index is 11.9. The smallest absolute Gasteiger partial charge is 0.233 e. The molecule has 0 spiro atoms. The van der Waals surface area contributed by atoms with E-state index in [1.165, 1.54) is 11.1 Å². The topological polar surface area (TPSA) is 52.6 Å². The fourth-order valence-corrected chi connectivity index (χ4v) is 4.38. The lowest BCUT2D eigenvalue weighted by atomic mass is 10.00. The van der Waals surface area contributed by atoms with Gasteiger partial charge in [-0.3, -0.25) is 9.69 Å². The van der Waals surface area contributed by atoms with Gasteiger partial charge in [-0.15, -0.1) is 11.8 Å². The molecule has 2 heterocycles. The van der Waals surface area contributed by atoms with Crippen molar-refractivity contribution in [3.63, 3.8) is 0 Å². The molecule has 1 amide bonds. The molecule has 3 rings (SSSR count). The number of amides is 1. The van der Waals surface area contributed by atoms with Gasteiger partial charge in [-0.1, -0.05) is 24.3 Å². The molecular weight excluding hydrogens is 296 g/mol. The van der Waals surface area contributed by atoms with E-state index in [1.807, 2.05) is 0 Å². The average Bonchev–Trinajstić information content (AvgIpc) is 3.07. The minimum absolute atomic E-state index is 0.0885. The molecule has 0 saturated carbocycles. The first-order valence-electron chi connectivity index (χ1n) is 8.09. The number of fused-ring (bicyclic) bond motifs is 1. The standard InChI is InChI=1S/C17H24N2O2S/c20-15(10-18-17(21)16-6-3-9-22-16)12-19-8-7-13-4-1-2-5-14(13)11-19/h1-2,4-5,15-16,20H,3,6-12H2,(H,18,21). The number of hydrogen-bond acceptors (Lipinski definition) is 4. The molecule has 2 unspecified atom stereocenters. The summed E-state index contributed by atoms with van der Waals surface area (Å²) in [6, 6.07) is 8.49. The van der Waals surface area contributed by atoms with E-state index in [2.05, 4.69) is 34.5 Å². The van der Waals surface area contributed by atoms with Crippen LogP contribution < -0.4 is 5.32 Å². The Labute approximate surface area is 136 Å². The molecule has 120 valence electrons. The number of rotatable bonds is 5. The third-order valence-corrected chi connectivity index (χ3v) is 5.79. The van der Waals surface area contributed by atoms with E-state index in [0.29, 0.717) is 13.1 Å². The number of nitrogens with zero attached hydrogens (tertiary/aromatic N) is 1. The van der Waals surface area contributed by atoms with Crippen molar-refractivity contribution in [1.29, 1.82) is 0 Å². The van der Waals surface area contributed by atoms with E-state index in [4.69, 9.17) is 0 Å². The first-order chi connectivity index (χ1) is 10.7. The van der Waals surface area contributed by atoms with E-state index in [1.54, 1.807) is 11.8 Å². The monoisotopic (exact) mass is 320 g/mol. The van der Waals surface area contributed by atoms with Crippen molar-refractivity contribution in [2.24, 2.45) is 0 Å². The van der Waals surface area contributed by atoms with Gasteiger partial charge in [0, 0.05) is 26.2 Å². The van der Waals surface area contributed by atoms with Crippen LogP contribution >= 0.6 is 11.8 Å². The van der Waals surface area contributed by atoms with Crippen LogP contribution in [0.5, 0.6) is 0 Å². The predicted octanol–water partition coefficient (Wildman–Crippen LogP) is 1.42. The van der Waals surface area contributed by atoms with E-state index in [9.17, 15) is 9.90 Å². The van der Waals surface area contributed by atoms with Crippen LogP contribution in [0.4, 0.5) is 0 Å². The Bertz CT molecular complexity index is 517. The molecule has 4 nitrogen and oxygen atoms in total. The van der Waals surface area contributed by atoms with Gasteiger partial charge in [0.05, 0.1) is 11.4 Å². The number of β-amino-alcohol motifs (C(OH)–C–C–N with tert-alkyl or cyclic N) is 1. The van der Waals surface area contributed by atoms with Crippen molar-refractivity contribution in [3.05, 3.63) is 35.4 Å². The Morgan fingerprint density at radius 1 is 1.41 bits per heavy atom. The molecule has 1 aromatic carbocycles. The Kier molecular flexibility index (Phi) is 5.39. The lowest BCUT2D eigenvalue weighted by Crippen LogP contribution is -2.43. The summed E-state index contributed by atoms with van der Waals surface area (Å²) in [6.45, 7) is 2.83.